The number of halogens is 2. The summed E-state index contributed by atoms with van der Waals surface area (Å²) in [7, 11) is 0. The molecule has 2 aliphatic rings. The zero-order valence-electron chi connectivity index (χ0n) is 15.8. The van der Waals surface area contributed by atoms with Gasteiger partial charge in [-0.3, -0.25) is 4.79 Å². The van der Waals surface area contributed by atoms with Crippen LogP contribution < -0.4 is 0 Å². The number of aliphatic carboxylic acids is 1. The van der Waals surface area contributed by atoms with Crippen molar-refractivity contribution >= 4 is 40.7 Å². The summed E-state index contributed by atoms with van der Waals surface area (Å²) in [5.74, 6) is -1.74. The van der Waals surface area contributed by atoms with E-state index in [0.717, 1.165) is 24.8 Å². The van der Waals surface area contributed by atoms with Crippen LogP contribution in [0.3, 0.4) is 0 Å². The Morgan fingerprint density at radius 3 is 2.41 bits per heavy atom. The quantitative estimate of drug-likeness (QED) is 0.641. The van der Waals surface area contributed by atoms with Crippen LogP contribution in [0.2, 0.25) is 10.0 Å². The molecule has 0 bridgehead atoms. The van der Waals surface area contributed by atoms with E-state index in [-0.39, 0.29) is 0 Å². The second-order valence-electron chi connectivity index (χ2n) is 8.11. The first-order valence-corrected chi connectivity index (χ1v) is 10.0. The number of carboxylic acids is 1. The Morgan fingerprint density at radius 1 is 1.22 bits per heavy atom. The van der Waals surface area contributed by atoms with Crippen LogP contribution in [0.4, 0.5) is 0 Å². The van der Waals surface area contributed by atoms with Crippen LogP contribution in [-0.2, 0) is 14.3 Å². The third kappa shape index (κ3) is 3.38. The topological polar surface area (TPSA) is 63.6 Å². The van der Waals surface area contributed by atoms with Gasteiger partial charge in [-0.2, -0.15) is 0 Å². The molecule has 1 aliphatic carbocycles. The fourth-order valence-electron chi connectivity index (χ4n) is 4.22. The summed E-state index contributed by atoms with van der Waals surface area (Å²) >= 11 is 12.4. The molecule has 0 aromatic heterocycles. The van der Waals surface area contributed by atoms with Gasteiger partial charge in [0.05, 0.1) is 16.0 Å². The lowest BCUT2D eigenvalue weighted by atomic mass is 9.66. The zero-order valence-corrected chi connectivity index (χ0v) is 17.3. The van der Waals surface area contributed by atoms with Crippen LogP contribution in [0.5, 0.6) is 0 Å². The van der Waals surface area contributed by atoms with Gasteiger partial charge in [-0.1, -0.05) is 42.6 Å². The number of hydrogen-bond donors (Lipinski definition) is 1. The van der Waals surface area contributed by atoms with Gasteiger partial charge in [-0.25, -0.2) is 4.79 Å². The molecule has 1 N–H and O–H groups in total. The average Bonchev–Trinajstić information content (AvgIpc) is 2.86. The molecule has 3 rings (SSSR count). The highest BCUT2D eigenvalue weighted by molar-refractivity contribution is 6.37. The summed E-state index contributed by atoms with van der Waals surface area (Å²) in [4.78, 5) is 24.9. The van der Waals surface area contributed by atoms with Gasteiger partial charge in [-0.05, 0) is 63.2 Å². The molecule has 146 valence electrons. The Balaban J connectivity index is 2.26. The fraction of sp³-hybridized carbons (Fsp3) is 0.524. The standard InChI is InChI=1S/C21H24Cl2O4/c1-12(20(2,3)19(25)26)17-16(14-8-7-13(22)11-15(14)23)18(24)27-21(17)9-5-4-6-10-21/h7-8,11-12H,4-6,9-10H2,1-3H3,(H,25,26). The summed E-state index contributed by atoms with van der Waals surface area (Å²) in [6.45, 7) is 5.24. The minimum Gasteiger partial charge on any atom is -0.481 e. The normalized spacial score (nSPS) is 20.7. The van der Waals surface area contributed by atoms with E-state index in [4.69, 9.17) is 27.9 Å². The second kappa shape index (κ2) is 7.14. The maximum Gasteiger partial charge on any atom is 0.339 e. The maximum absolute atomic E-state index is 13.0. The first-order valence-electron chi connectivity index (χ1n) is 9.27. The van der Waals surface area contributed by atoms with Gasteiger partial charge in [-0.15, -0.1) is 0 Å². The molecule has 6 heteroatoms. The van der Waals surface area contributed by atoms with Crippen molar-refractivity contribution in [2.24, 2.45) is 11.3 Å². The van der Waals surface area contributed by atoms with Gasteiger partial charge in [0.2, 0.25) is 0 Å². The maximum atomic E-state index is 13.0. The van der Waals surface area contributed by atoms with Crippen LogP contribution >= 0.6 is 23.2 Å². The third-order valence-electron chi connectivity index (χ3n) is 6.18. The molecule has 1 aromatic carbocycles. The van der Waals surface area contributed by atoms with Crippen molar-refractivity contribution in [3.8, 4) is 0 Å². The van der Waals surface area contributed by atoms with Gasteiger partial charge < -0.3 is 9.84 Å². The second-order valence-corrected chi connectivity index (χ2v) is 8.95. The molecule has 1 atom stereocenters. The molecule has 1 aromatic rings. The minimum absolute atomic E-state index is 0.361. The Morgan fingerprint density at radius 2 is 1.85 bits per heavy atom. The lowest BCUT2D eigenvalue weighted by Gasteiger charge is -2.40. The zero-order chi connectivity index (χ0) is 20.0. The lowest BCUT2D eigenvalue weighted by Crippen LogP contribution is -2.42. The molecular weight excluding hydrogens is 387 g/mol. The summed E-state index contributed by atoms with van der Waals surface area (Å²) < 4.78 is 5.95. The molecule has 0 radical (unpaired) electrons. The molecule has 27 heavy (non-hydrogen) atoms. The van der Waals surface area contributed by atoms with Crippen LogP contribution in [-0.4, -0.2) is 22.6 Å². The van der Waals surface area contributed by atoms with E-state index in [1.165, 1.54) is 0 Å². The van der Waals surface area contributed by atoms with E-state index in [2.05, 4.69) is 0 Å². The number of carbonyl (C=O) groups is 2. The molecule has 1 aliphatic heterocycles. The summed E-state index contributed by atoms with van der Waals surface area (Å²) in [5.41, 5.74) is -0.0710. The van der Waals surface area contributed by atoms with Gasteiger partial charge in [0, 0.05) is 10.6 Å². The molecule has 1 heterocycles. The van der Waals surface area contributed by atoms with Gasteiger partial charge in [0.25, 0.3) is 0 Å². The Labute approximate surface area is 169 Å². The summed E-state index contributed by atoms with van der Waals surface area (Å²) in [6, 6.07) is 4.98. The van der Waals surface area contributed by atoms with E-state index >= 15 is 0 Å². The monoisotopic (exact) mass is 410 g/mol. The average molecular weight is 411 g/mol. The highest BCUT2D eigenvalue weighted by atomic mass is 35.5. The van der Waals surface area contributed by atoms with E-state index in [1.54, 1.807) is 32.0 Å². The third-order valence-corrected chi connectivity index (χ3v) is 6.73. The number of rotatable bonds is 4. The van der Waals surface area contributed by atoms with E-state index in [1.807, 2.05) is 6.92 Å². The van der Waals surface area contributed by atoms with Gasteiger partial charge >= 0.3 is 11.9 Å². The minimum atomic E-state index is -1.06. The number of carbonyl (C=O) groups excluding carboxylic acids is 1. The molecule has 1 spiro atoms. The number of ether oxygens (including phenoxy) is 1. The SMILES string of the molecule is CC(C1=C(c2ccc(Cl)cc2Cl)C(=O)OC12CCCCC2)C(C)(C)C(=O)O. The van der Waals surface area contributed by atoms with Crippen LogP contribution in [0.15, 0.2) is 23.8 Å². The summed E-state index contributed by atoms with van der Waals surface area (Å²) in [5, 5.41) is 10.6. The lowest BCUT2D eigenvalue weighted by molar-refractivity contribution is -0.151. The number of carboxylic acid groups (broad SMARTS) is 1. The number of benzene rings is 1. The van der Waals surface area contributed by atoms with Gasteiger partial charge in [0.1, 0.15) is 5.60 Å². The molecule has 4 nitrogen and oxygen atoms in total. The molecule has 1 unspecified atom stereocenters. The van der Waals surface area contributed by atoms with Crippen molar-refractivity contribution < 1.29 is 19.4 Å². The number of hydrogen-bond acceptors (Lipinski definition) is 3. The van der Waals surface area contributed by atoms with Crippen LogP contribution in [0, 0.1) is 11.3 Å². The van der Waals surface area contributed by atoms with Crippen LogP contribution in [0.25, 0.3) is 5.57 Å². The number of esters is 1. The highest BCUT2D eigenvalue weighted by Gasteiger charge is 2.53. The summed E-state index contributed by atoms with van der Waals surface area (Å²) in [6.07, 6.45) is 4.39. The van der Waals surface area contributed by atoms with Crippen LogP contribution in [0.1, 0.15) is 58.4 Å². The van der Waals surface area contributed by atoms with Crippen molar-refractivity contribution in [3.63, 3.8) is 0 Å². The molecule has 1 saturated carbocycles. The highest BCUT2D eigenvalue weighted by Crippen LogP contribution is 2.53. The molecule has 1 fully saturated rings. The van der Waals surface area contributed by atoms with Crippen molar-refractivity contribution in [1.29, 1.82) is 0 Å². The van der Waals surface area contributed by atoms with E-state index < -0.39 is 28.9 Å². The Bertz CT molecular complexity index is 819. The Hall–Kier alpha value is -1.52. The smallest absolute Gasteiger partial charge is 0.339 e. The Kier molecular flexibility index (Phi) is 5.35. The van der Waals surface area contributed by atoms with E-state index in [9.17, 15) is 14.7 Å². The first kappa shape index (κ1) is 20.2. The largest absolute Gasteiger partial charge is 0.481 e. The molecular formula is C21H24Cl2O4. The molecule has 0 saturated heterocycles. The van der Waals surface area contributed by atoms with Crippen molar-refractivity contribution in [1.82, 2.24) is 0 Å². The van der Waals surface area contributed by atoms with Gasteiger partial charge in [0.15, 0.2) is 0 Å². The van der Waals surface area contributed by atoms with E-state index in [0.29, 0.717) is 34.0 Å². The van der Waals surface area contributed by atoms with Crippen molar-refractivity contribution in [2.75, 3.05) is 0 Å². The first-order chi connectivity index (χ1) is 12.6. The predicted molar refractivity (Wildman–Crippen MR) is 106 cm³/mol. The van der Waals surface area contributed by atoms with Crippen molar-refractivity contribution in [3.05, 3.63) is 39.4 Å². The fourth-order valence-corrected chi connectivity index (χ4v) is 4.72. The predicted octanol–water partition coefficient (Wildman–Crippen LogP) is 5.75. The van der Waals surface area contributed by atoms with Crippen molar-refractivity contribution in [2.45, 2.75) is 58.5 Å². The molecule has 0 amide bonds.